The Kier molecular flexibility index (Phi) is 2.92. The van der Waals surface area contributed by atoms with Crippen molar-refractivity contribution in [3.05, 3.63) is 41.3 Å². The summed E-state index contributed by atoms with van der Waals surface area (Å²) in [6.07, 6.45) is 4.19. The lowest BCUT2D eigenvalue weighted by atomic mass is 10.1. The van der Waals surface area contributed by atoms with Gasteiger partial charge in [-0.2, -0.15) is 0 Å². The Morgan fingerprint density at radius 3 is 2.89 bits per heavy atom. The van der Waals surface area contributed by atoms with Gasteiger partial charge in [0.1, 0.15) is 17.2 Å². The molecule has 1 aromatic carbocycles. The van der Waals surface area contributed by atoms with Crippen LogP contribution in [0.3, 0.4) is 0 Å². The maximum atomic E-state index is 6.02. The van der Waals surface area contributed by atoms with E-state index in [2.05, 4.69) is 9.97 Å². The van der Waals surface area contributed by atoms with E-state index in [4.69, 9.17) is 16.3 Å². The molecule has 1 aromatic heterocycles. The minimum Gasteiger partial charge on any atom is -0.490 e. The van der Waals surface area contributed by atoms with Crippen LogP contribution in [0.15, 0.2) is 30.6 Å². The van der Waals surface area contributed by atoms with Crippen molar-refractivity contribution in [3.8, 4) is 17.0 Å². The molecular weight excluding hydrogens is 248 g/mol. The number of hydrogen-bond acceptors (Lipinski definition) is 3. The topological polar surface area (TPSA) is 35.0 Å². The van der Waals surface area contributed by atoms with Crippen molar-refractivity contribution >= 4 is 11.6 Å². The van der Waals surface area contributed by atoms with Crippen LogP contribution in [0.2, 0.25) is 5.15 Å². The molecule has 1 aliphatic rings. The summed E-state index contributed by atoms with van der Waals surface area (Å²) in [5, 5.41) is 0.494. The maximum absolute atomic E-state index is 6.02. The molecule has 0 saturated heterocycles. The minimum atomic E-state index is 0.398. The van der Waals surface area contributed by atoms with E-state index < -0.39 is 0 Å². The highest BCUT2D eigenvalue weighted by Crippen LogP contribution is 2.31. The second-order valence-corrected chi connectivity index (χ2v) is 4.84. The van der Waals surface area contributed by atoms with Crippen molar-refractivity contribution in [1.82, 2.24) is 9.97 Å². The van der Waals surface area contributed by atoms with E-state index in [1.54, 1.807) is 0 Å². The van der Waals surface area contributed by atoms with Gasteiger partial charge in [-0.25, -0.2) is 9.97 Å². The summed E-state index contributed by atoms with van der Waals surface area (Å²) >= 11 is 6.02. The maximum Gasteiger partial charge on any atom is 0.135 e. The monoisotopic (exact) mass is 260 g/mol. The van der Waals surface area contributed by atoms with E-state index in [-0.39, 0.29) is 0 Å². The normalized spacial score (nSPS) is 14.6. The first-order chi connectivity index (χ1) is 8.74. The molecule has 0 unspecified atom stereocenters. The molecule has 1 fully saturated rings. The Morgan fingerprint density at radius 1 is 1.28 bits per heavy atom. The van der Waals surface area contributed by atoms with Crippen LogP contribution >= 0.6 is 11.6 Å². The van der Waals surface area contributed by atoms with Crippen LogP contribution in [0, 0.1) is 6.92 Å². The molecule has 1 aliphatic carbocycles. The SMILES string of the molecule is Cc1c(Cl)ncnc1-c1cccc(OC2CC2)c1. The average Bonchev–Trinajstić information content (AvgIpc) is 3.17. The predicted molar refractivity (Wildman–Crippen MR) is 70.9 cm³/mol. The van der Waals surface area contributed by atoms with Gasteiger partial charge in [0, 0.05) is 11.1 Å². The van der Waals surface area contributed by atoms with Gasteiger partial charge in [-0.15, -0.1) is 0 Å². The molecule has 2 aromatic rings. The fraction of sp³-hybridized carbons (Fsp3) is 0.286. The first kappa shape index (κ1) is 11.5. The van der Waals surface area contributed by atoms with Gasteiger partial charge in [-0.05, 0) is 31.9 Å². The van der Waals surface area contributed by atoms with E-state index in [1.165, 1.54) is 6.33 Å². The third-order valence-corrected chi connectivity index (χ3v) is 3.34. The van der Waals surface area contributed by atoms with Crippen LogP contribution in [0.5, 0.6) is 5.75 Å². The fourth-order valence-electron chi connectivity index (χ4n) is 1.81. The lowest BCUT2D eigenvalue weighted by molar-refractivity contribution is 0.303. The number of benzene rings is 1. The molecule has 3 rings (SSSR count). The lowest BCUT2D eigenvalue weighted by Gasteiger charge is -2.08. The second-order valence-electron chi connectivity index (χ2n) is 4.48. The van der Waals surface area contributed by atoms with Gasteiger partial charge >= 0.3 is 0 Å². The Labute approximate surface area is 111 Å². The van der Waals surface area contributed by atoms with Gasteiger partial charge < -0.3 is 4.74 Å². The Balaban J connectivity index is 1.97. The predicted octanol–water partition coefficient (Wildman–Crippen LogP) is 3.65. The summed E-state index contributed by atoms with van der Waals surface area (Å²) in [7, 11) is 0. The zero-order chi connectivity index (χ0) is 12.5. The summed E-state index contributed by atoms with van der Waals surface area (Å²) in [4.78, 5) is 8.26. The molecular formula is C14H13ClN2O. The standard InChI is InChI=1S/C14H13ClN2O/c1-9-13(16-8-17-14(9)15)10-3-2-4-12(7-10)18-11-5-6-11/h2-4,7-8,11H,5-6H2,1H3. The minimum absolute atomic E-state index is 0.398. The van der Waals surface area contributed by atoms with Crippen molar-refractivity contribution in [2.45, 2.75) is 25.9 Å². The first-order valence-corrected chi connectivity index (χ1v) is 6.36. The highest BCUT2D eigenvalue weighted by molar-refractivity contribution is 6.30. The van der Waals surface area contributed by atoms with Crippen LogP contribution in [-0.2, 0) is 0 Å². The van der Waals surface area contributed by atoms with Crippen LogP contribution < -0.4 is 4.74 Å². The summed E-state index contributed by atoms with van der Waals surface area (Å²) in [6, 6.07) is 7.96. The molecule has 0 amide bonds. The molecule has 0 radical (unpaired) electrons. The van der Waals surface area contributed by atoms with Crippen molar-refractivity contribution in [3.63, 3.8) is 0 Å². The number of rotatable bonds is 3. The Hall–Kier alpha value is -1.61. The number of aromatic nitrogens is 2. The highest BCUT2D eigenvalue weighted by atomic mass is 35.5. The second kappa shape index (κ2) is 4.58. The molecule has 0 bridgehead atoms. The van der Waals surface area contributed by atoms with E-state index in [0.29, 0.717) is 11.3 Å². The van der Waals surface area contributed by atoms with Crippen molar-refractivity contribution < 1.29 is 4.74 Å². The summed E-state index contributed by atoms with van der Waals surface area (Å²) in [5.41, 5.74) is 2.76. The molecule has 92 valence electrons. The summed E-state index contributed by atoms with van der Waals surface area (Å²) < 4.78 is 5.78. The average molecular weight is 261 g/mol. The molecule has 18 heavy (non-hydrogen) atoms. The zero-order valence-corrected chi connectivity index (χ0v) is 10.8. The quantitative estimate of drug-likeness (QED) is 0.790. The number of nitrogens with zero attached hydrogens (tertiary/aromatic N) is 2. The fourth-order valence-corrected chi connectivity index (χ4v) is 1.95. The molecule has 1 saturated carbocycles. The summed E-state index contributed by atoms with van der Waals surface area (Å²) in [5.74, 6) is 0.893. The summed E-state index contributed by atoms with van der Waals surface area (Å²) in [6.45, 7) is 1.92. The van der Waals surface area contributed by atoms with Gasteiger partial charge in [0.25, 0.3) is 0 Å². The number of ether oxygens (including phenoxy) is 1. The van der Waals surface area contributed by atoms with Gasteiger partial charge in [0.05, 0.1) is 11.8 Å². The number of hydrogen-bond donors (Lipinski definition) is 0. The van der Waals surface area contributed by atoms with Crippen LogP contribution in [-0.4, -0.2) is 16.1 Å². The van der Waals surface area contributed by atoms with E-state index >= 15 is 0 Å². The van der Waals surface area contributed by atoms with Crippen LogP contribution in [0.25, 0.3) is 11.3 Å². The molecule has 0 atom stereocenters. The third-order valence-electron chi connectivity index (χ3n) is 2.96. The third kappa shape index (κ3) is 2.31. The van der Waals surface area contributed by atoms with Crippen molar-refractivity contribution in [1.29, 1.82) is 0 Å². The molecule has 3 nitrogen and oxygen atoms in total. The van der Waals surface area contributed by atoms with Gasteiger partial charge in [0.2, 0.25) is 0 Å². The number of halogens is 1. The molecule has 0 N–H and O–H groups in total. The first-order valence-electron chi connectivity index (χ1n) is 5.98. The lowest BCUT2D eigenvalue weighted by Crippen LogP contribution is -1.96. The largest absolute Gasteiger partial charge is 0.490 e. The smallest absolute Gasteiger partial charge is 0.135 e. The molecule has 0 spiro atoms. The highest BCUT2D eigenvalue weighted by Gasteiger charge is 2.23. The Bertz CT molecular complexity index is 582. The molecule has 0 aliphatic heterocycles. The van der Waals surface area contributed by atoms with Crippen LogP contribution in [0.4, 0.5) is 0 Å². The van der Waals surface area contributed by atoms with Crippen molar-refractivity contribution in [2.75, 3.05) is 0 Å². The van der Waals surface area contributed by atoms with Crippen LogP contribution in [0.1, 0.15) is 18.4 Å². The van der Waals surface area contributed by atoms with Gasteiger partial charge in [-0.1, -0.05) is 23.7 Å². The van der Waals surface area contributed by atoms with Gasteiger partial charge in [0.15, 0.2) is 0 Å². The van der Waals surface area contributed by atoms with E-state index in [9.17, 15) is 0 Å². The molecule has 1 heterocycles. The zero-order valence-electron chi connectivity index (χ0n) is 10.1. The molecule has 4 heteroatoms. The van der Waals surface area contributed by atoms with Gasteiger partial charge in [-0.3, -0.25) is 0 Å². The van der Waals surface area contributed by atoms with E-state index in [0.717, 1.165) is 35.4 Å². The Morgan fingerprint density at radius 2 is 2.11 bits per heavy atom. The van der Waals surface area contributed by atoms with E-state index in [1.807, 2.05) is 31.2 Å². The van der Waals surface area contributed by atoms with Crippen molar-refractivity contribution in [2.24, 2.45) is 0 Å².